The van der Waals surface area contributed by atoms with E-state index in [-0.39, 0.29) is 16.5 Å². The third-order valence-electron chi connectivity index (χ3n) is 5.88. The number of carbonyl (C=O) groups is 1. The summed E-state index contributed by atoms with van der Waals surface area (Å²) >= 11 is 5.83. The third-order valence-corrected chi connectivity index (χ3v) is 6.17. The molecule has 2 aliphatic rings. The average Bonchev–Trinajstić information content (AvgIpc) is 3.05. The summed E-state index contributed by atoms with van der Waals surface area (Å²) in [6.45, 7) is 7.88. The van der Waals surface area contributed by atoms with Gasteiger partial charge in [0, 0.05) is 31.7 Å². The van der Waals surface area contributed by atoms with Gasteiger partial charge in [-0.05, 0) is 50.5 Å². The normalized spacial score (nSPS) is 19.1. The Labute approximate surface area is 176 Å². The fourth-order valence-corrected chi connectivity index (χ4v) is 4.66. The summed E-state index contributed by atoms with van der Waals surface area (Å²) in [5.74, 6) is -0.615. The molecular weight excluding hydrogens is 391 g/mol. The van der Waals surface area contributed by atoms with Crippen LogP contribution in [0.4, 0.5) is 4.39 Å². The highest BCUT2D eigenvalue weighted by Crippen LogP contribution is 2.33. The number of aryl methyl sites for hydroxylation is 2. The zero-order valence-electron chi connectivity index (χ0n) is 16.9. The number of ether oxygens (including phenoxy) is 1. The Kier molecular flexibility index (Phi) is 5.65. The number of likely N-dealkylation sites (tertiary alicyclic amines) is 1. The third kappa shape index (κ3) is 4.47. The maximum Gasteiger partial charge on any atom is 0.253 e. The van der Waals surface area contributed by atoms with Crippen molar-refractivity contribution in [3.8, 4) is 0 Å². The number of hydrogen-bond acceptors (Lipinski definition) is 3. The van der Waals surface area contributed by atoms with E-state index in [9.17, 15) is 9.18 Å². The van der Waals surface area contributed by atoms with E-state index in [1.54, 1.807) is 0 Å². The molecule has 4 rings (SSSR count). The molecule has 2 aromatic rings. The van der Waals surface area contributed by atoms with Gasteiger partial charge in [-0.3, -0.25) is 9.69 Å². The van der Waals surface area contributed by atoms with Crippen LogP contribution in [0.3, 0.4) is 0 Å². The monoisotopic (exact) mass is 416 g/mol. The Morgan fingerprint density at radius 2 is 1.83 bits per heavy atom. The van der Waals surface area contributed by atoms with Gasteiger partial charge in [0.05, 0.1) is 10.6 Å². The molecule has 2 aliphatic heterocycles. The SMILES string of the molecule is Cc1cc(C)cc(CN2COC3(CCN(C(=O)c4ccc(F)c(Cl)c4)CC3)C2)c1. The van der Waals surface area contributed by atoms with Crippen LogP contribution in [-0.2, 0) is 11.3 Å². The predicted octanol–water partition coefficient (Wildman–Crippen LogP) is 4.56. The van der Waals surface area contributed by atoms with E-state index in [2.05, 4.69) is 36.9 Å². The fraction of sp³-hybridized carbons (Fsp3) is 0.435. The van der Waals surface area contributed by atoms with Crippen molar-refractivity contribution >= 4 is 17.5 Å². The molecule has 2 fully saturated rings. The van der Waals surface area contributed by atoms with Gasteiger partial charge in [-0.1, -0.05) is 40.9 Å². The molecule has 2 saturated heterocycles. The minimum absolute atomic E-state index is 0.0227. The molecule has 0 N–H and O–H groups in total. The van der Waals surface area contributed by atoms with Crippen molar-refractivity contribution in [2.24, 2.45) is 0 Å². The van der Waals surface area contributed by atoms with Crippen molar-refractivity contribution in [1.29, 1.82) is 0 Å². The van der Waals surface area contributed by atoms with Crippen LogP contribution in [0, 0.1) is 19.7 Å². The number of carbonyl (C=O) groups excluding carboxylic acids is 1. The van der Waals surface area contributed by atoms with Gasteiger partial charge in [-0.15, -0.1) is 0 Å². The van der Waals surface area contributed by atoms with E-state index in [0.29, 0.717) is 25.4 Å². The molecular formula is C23H26ClFN2O2. The molecule has 154 valence electrons. The molecule has 0 aromatic heterocycles. The molecule has 1 amide bonds. The van der Waals surface area contributed by atoms with Crippen LogP contribution in [0.15, 0.2) is 36.4 Å². The average molecular weight is 417 g/mol. The van der Waals surface area contributed by atoms with Gasteiger partial charge in [0.2, 0.25) is 0 Å². The number of nitrogens with zero attached hydrogens (tertiary/aromatic N) is 2. The zero-order chi connectivity index (χ0) is 20.6. The smallest absolute Gasteiger partial charge is 0.253 e. The maximum atomic E-state index is 13.4. The number of piperidine rings is 1. The summed E-state index contributed by atoms with van der Waals surface area (Å²) in [6, 6.07) is 10.8. The molecule has 0 saturated carbocycles. The van der Waals surface area contributed by atoms with Crippen LogP contribution in [-0.4, -0.2) is 47.7 Å². The van der Waals surface area contributed by atoms with E-state index in [1.807, 2.05) is 4.90 Å². The van der Waals surface area contributed by atoms with Gasteiger partial charge in [-0.2, -0.15) is 0 Å². The Hall–Kier alpha value is -1.95. The first-order valence-electron chi connectivity index (χ1n) is 10.0. The minimum atomic E-state index is -0.510. The zero-order valence-corrected chi connectivity index (χ0v) is 17.6. The van der Waals surface area contributed by atoms with Crippen molar-refractivity contribution in [1.82, 2.24) is 9.80 Å². The lowest BCUT2D eigenvalue weighted by molar-refractivity contribution is -0.0352. The molecule has 0 radical (unpaired) electrons. The molecule has 0 aliphatic carbocycles. The summed E-state index contributed by atoms with van der Waals surface area (Å²) < 4.78 is 19.6. The van der Waals surface area contributed by atoms with Crippen LogP contribution in [0.2, 0.25) is 5.02 Å². The first-order valence-corrected chi connectivity index (χ1v) is 10.4. The van der Waals surface area contributed by atoms with Gasteiger partial charge in [-0.25, -0.2) is 4.39 Å². The highest BCUT2D eigenvalue weighted by molar-refractivity contribution is 6.31. The van der Waals surface area contributed by atoms with Crippen molar-refractivity contribution in [2.45, 2.75) is 38.8 Å². The van der Waals surface area contributed by atoms with Crippen LogP contribution in [0.1, 0.15) is 39.9 Å². The summed E-state index contributed by atoms with van der Waals surface area (Å²) in [5.41, 5.74) is 4.11. The molecule has 4 nitrogen and oxygen atoms in total. The quantitative estimate of drug-likeness (QED) is 0.735. The number of hydrogen-bond donors (Lipinski definition) is 0. The van der Waals surface area contributed by atoms with Crippen molar-refractivity contribution in [3.63, 3.8) is 0 Å². The second kappa shape index (κ2) is 8.05. The first kappa shape index (κ1) is 20.3. The number of amides is 1. The largest absolute Gasteiger partial charge is 0.358 e. The lowest BCUT2D eigenvalue weighted by Gasteiger charge is -2.38. The van der Waals surface area contributed by atoms with Crippen molar-refractivity contribution in [2.75, 3.05) is 26.4 Å². The Morgan fingerprint density at radius 1 is 1.14 bits per heavy atom. The van der Waals surface area contributed by atoms with Gasteiger partial charge in [0.15, 0.2) is 0 Å². The minimum Gasteiger partial charge on any atom is -0.358 e. The molecule has 0 atom stereocenters. The molecule has 2 heterocycles. The van der Waals surface area contributed by atoms with E-state index in [4.69, 9.17) is 16.3 Å². The van der Waals surface area contributed by atoms with Crippen LogP contribution >= 0.6 is 11.6 Å². The molecule has 0 unspecified atom stereocenters. The lowest BCUT2D eigenvalue weighted by atomic mass is 9.91. The van der Waals surface area contributed by atoms with E-state index < -0.39 is 5.82 Å². The topological polar surface area (TPSA) is 32.8 Å². The summed E-state index contributed by atoms with van der Waals surface area (Å²) in [6.07, 6.45) is 1.61. The summed E-state index contributed by atoms with van der Waals surface area (Å²) in [5, 5.41) is -0.0227. The van der Waals surface area contributed by atoms with Crippen molar-refractivity contribution in [3.05, 3.63) is 69.5 Å². The second-order valence-corrected chi connectivity index (χ2v) is 8.77. The Morgan fingerprint density at radius 3 is 2.48 bits per heavy atom. The summed E-state index contributed by atoms with van der Waals surface area (Å²) in [4.78, 5) is 16.9. The Bertz CT molecular complexity index is 905. The van der Waals surface area contributed by atoms with Crippen molar-refractivity contribution < 1.29 is 13.9 Å². The van der Waals surface area contributed by atoms with E-state index >= 15 is 0 Å². The number of rotatable bonds is 3. The standard InChI is InChI=1S/C23H26ClFN2O2/c1-16-9-17(2)11-18(10-16)13-26-14-23(29-15-26)5-7-27(8-6-23)22(28)19-3-4-21(25)20(24)12-19/h3-4,9-12H,5-8,13-15H2,1-2H3. The summed E-state index contributed by atoms with van der Waals surface area (Å²) in [7, 11) is 0. The molecule has 1 spiro atoms. The predicted molar refractivity (Wildman–Crippen MR) is 112 cm³/mol. The highest BCUT2D eigenvalue weighted by Gasteiger charge is 2.42. The Balaban J connectivity index is 1.35. The van der Waals surface area contributed by atoms with Gasteiger partial charge < -0.3 is 9.64 Å². The molecule has 0 bridgehead atoms. The van der Waals surface area contributed by atoms with Gasteiger partial charge in [0.1, 0.15) is 12.5 Å². The molecule has 6 heteroatoms. The lowest BCUT2D eigenvalue weighted by Crippen LogP contribution is -2.48. The molecule has 29 heavy (non-hydrogen) atoms. The number of benzene rings is 2. The highest BCUT2D eigenvalue weighted by atomic mass is 35.5. The van der Waals surface area contributed by atoms with Crippen LogP contribution < -0.4 is 0 Å². The molecule has 2 aromatic carbocycles. The fourth-order valence-electron chi connectivity index (χ4n) is 4.48. The van der Waals surface area contributed by atoms with E-state index in [0.717, 1.165) is 25.9 Å². The van der Waals surface area contributed by atoms with Crippen LogP contribution in [0.25, 0.3) is 0 Å². The van der Waals surface area contributed by atoms with Gasteiger partial charge >= 0.3 is 0 Å². The number of halogens is 2. The van der Waals surface area contributed by atoms with E-state index in [1.165, 1.54) is 34.9 Å². The van der Waals surface area contributed by atoms with Gasteiger partial charge in [0.25, 0.3) is 5.91 Å². The maximum absolute atomic E-state index is 13.4. The first-order chi connectivity index (χ1) is 13.8. The van der Waals surface area contributed by atoms with Crippen LogP contribution in [0.5, 0.6) is 0 Å². The second-order valence-electron chi connectivity index (χ2n) is 8.36.